The SMILES string of the molecule is CCOC(=O)C1=C(C)NC2=N/C(=C\c3ccc(OCc4ccc([N+](=O)[O-])cc4)cc3)C(=O)C2C1c1ccc2c(c1)NCC2. The second-order valence-corrected chi connectivity index (χ2v) is 10.6. The molecule has 10 nitrogen and oxygen atoms in total. The Morgan fingerprint density at radius 1 is 1.09 bits per heavy atom. The molecule has 0 radical (unpaired) electrons. The van der Waals surface area contributed by atoms with Crippen molar-refractivity contribution in [2.45, 2.75) is 32.8 Å². The third kappa shape index (κ3) is 5.51. The van der Waals surface area contributed by atoms with Gasteiger partial charge in [-0.15, -0.1) is 0 Å². The lowest BCUT2D eigenvalue weighted by molar-refractivity contribution is -0.384. The topological polar surface area (TPSA) is 132 Å². The number of carbonyl (C=O) groups excluding carboxylic acids is 2. The molecular weight excluding hydrogens is 548 g/mol. The summed E-state index contributed by atoms with van der Waals surface area (Å²) in [4.78, 5) is 42.2. The third-order valence-electron chi connectivity index (χ3n) is 7.87. The molecule has 3 aromatic carbocycles. The fourth-order valence-electron chi connectivity index (χ4n) is 5.76. The van der Waals surface area contributed by atoms with Gasteiger partial charge in [0.05, 0.1) is 23.0 Å². The first-order valence-corrected chi connectivity index (χ1v) is 14.1. The van der Waals surface area contributed by atoms with Crippen molar-refractivity contribution in [2.24, 2.45) is 10.9 Å². The third-order valence-corrected chi connectivity index (χ3v) is 7.87. The number of carbonyl (C=O) groups is 2. The van der Waals surface area contributed by atoms with Crippen molar-refractivity contribution in [1.82, 2.24) is 5.32 Å². The molecule has 0 saturated heterocycles. The minimum atomic E-state index is -0.682. The molecule has 0 amide bonds. The zero-order valence-corrected chi connectivity index (χ0v) is 23.8. The molecule has 10 heteroatoms. The van der Waals surface area contributed by atoms with Gasteiger partial charge >= 0.3 is 5.97 Å². The zero-order chi connectivity index (χ0) is 30.1. The number of fused-ring (bicyclic) bond motifs is 2. The van der Waals surface area contributed by atoms with E-state index in [1.54, 1.807) is 37.3 Å². The second-order valence-electron chi connectivity index (χ2n) is 10.6. The van der Waals surface area contributed by atoms with Crippen LogP contribution in [0, 0.1) is 16.0 Å². The Hall–Kier alpha value is -5.25. The molecule has 0 saturated carbocycles. The van der Waals surface area contributed by atoms with E-state index in [2.05, 4.69) is 21.7 Å². The summed E-state index contributed by atoms with van der Waals surface area (Å²) in [6.07, 6.45) is 2.67. The second kappa shape index (κ2) is 11.6. The number of rotatable bonds is 8. The number of ketones is 1. The van der Waals surface area contributed by atoms with Gasteiger partial charge in [0.1, 0.15) is 23.9 Å². The molecule has 218 valence electrons. The maximum absolute atomic E-state index is 13.9. The van der Waals surface area contributed by atoms with Gasteiger partial charge in [-0.05, 0) is 78.9 Å². The van der Waals surface area contributed by atoms with Crippen LogP contribution in [0.5, 0.6) is 5.75 Å². The van der Waals surface area contributed by atoms with Gasteiger partial charge in [0.2, 0.25) is 0 Å². The number of anilines is 1. The number of nitro groups is 1. The van der Waals surface area contributed by atoms with E-state index in [4.69, 9.17) is 9.47 Å². The number of esters is 1. The Morgan fingerprint density at radius 2 is 1.86 bits per heavy atom. The lowest BCUT2D eigenvalue weighted by Gasteiger charge is -2.32. The molecule has 0 spiro atoms. The summed E-state index contributed by atoms with van der Waals surface area (Å²) in [5, 5.41) is 17.5. The molecule has 0 aliphatic carbocycles. The molecular formula is C33H30N4O6. The first kappa shape index (κ1) is 27.9. The van der Waals surface area contributed by atoms with Crippen LogP contribution in [0.1, 0.15) is 42.0 Å². The van der Waals surface area contributed by atoms with Crippen molar-refractivity contribution < 1.29 is 24.0 Å². The van der Waals surface area contributed by atoms with Crippen LogP contribution in [0.15, 0.2) is 88.7 Å². The molecule has 6 rings (SSSR count). The van der Waals surface area contributed by atoms with Crippen LogP contribution in [0.25, 0.3) is 6.08 Å². The van der Waals surface area contributed by atoms with Crippen LogP contribution in [0.3, 0.4) is 0 Å². The minimum Gasteiger partial charge on any atom is -0.489 e. The van der Waals surface area contributed by atoms with Crippen molar-refractivity contribution in [2.75, 3.05) is 18.5 Å². The number of Topliss-reactive ketones (excluding diaryl/α,β-unsaturated/α-hetero) is 1. The van der Waals surface area contributed by atoms with E-state index < -0.39 is 22.7 Å². The van der Waals surface area contributed by atoms with Crippen LogP contribution >= 0.6 is 0 Å². The van der Waals surface area contributed by atoms with Crippen molar-refractivity contribution in [3.05, 3.63) is 116 Å². The van der Waals surface area contributed by atoms with E-state index in [0.29, 0.717) is 28.6 Å². The van der Waals surface area contributed by atoms with Gasteiger partial charge in [0.25, 0.3) is 5.69 Å². The van der Waals surface area contributed by atoms with Gasteiger partial charge in [-0.1, -0.05) is 24.3 Å². The lowest BCUT2D eigenvalue weighted by atomic mass is 9.75. The highest BCUT2D eigenvalue weighted by atomic mass is 16.6. The highest BCUT2D eigenvalue weighted by Gasteiger charge is 2.47. The molecule has 3 aromatic rings. The average molecular weight is 579 g/mol. The summed E-state index contributed by atoms with van der Waals surface area (Å²) in [6.45, 7) is 4.91. The van der Waals surface area contributed by atoms with Gasteiger partial charge in [-0.25, -0.2) is 9.79 Å². The molecule has 3 heterocycles. The number of allylic oxidation sites excluding steroid dienone is 2. The standard InChI is InChI=1S/C33H30N4O6/c1-3-42-33(39)28-19(2)35-32-30(29(28)23-9-8-22-14-15-34-26(22)17-23)31(38)27(36-32)16-20-6-12-25(13-7-20)43-18-21-4-10-24(11-5-21)37(40)41/h4-13,16-17,29-30,34H,3,14-15,18H2,1-2H3,(H,35,36)/b27-16-. The number of hydrogen-bond acceptors (Lipinski definition) is 9. The Balaban J connectivity index is 1.23. The molecule has 0 aromatic heterocycles. The van der Waals surface area contributed by atoms with E-state index in [-0.39, 0.29) is 24.7 Å². The maximum Gasteiger partial charge on any atom is 0.336 e. The van der Waals surface area contributed by atoms with E-state index in [9.17, 15) is 19.7 Å². The number of ether oxygens (including phenoxy) is 2. The summed E-state index contributed by atoms with van der Waals surface area (Å²) >= 11 is 0. The van der Waals surface area contributed by atoms with E-state index in [1.807, 2.05) is 31.2 Å². The Bertz CT molecular complexity index is 1710. The highest BCUT2D eigenvalue weighted by Crippen LogP contribution is 2.44. The number of hydrogen-bond donors (Lipinski definition) is 2. The van der Waals surface area contributed by atoms with Gasteiger partial charge in [0, 0.05) is 36.0 Å². The number of aliphatic imine (C=N–C) groups is 1. The maximum atomic E-state index is 13.9. The lowest BCUT2D eigenvalue weighted by Crippen LogP contribution is -2.42. The fraction of sp³-hybridized carbons (Fsp3) is 0.242. The monoisotopic (exact) mass is 578 g/mol. The highest BCUT2D eigenvalue weighted by molar-refractivity contribution is 6.21. The van der Waals surface area contributed by atoms with Gasteiger partial charge < -0.3 is 20.1 Å². The summed E-state index contributed by atoms with van der Waals surface area (Å²) in [7, 11) is 0. The largest absolute Gasteiger partial charge is 0.489 e. The Morgan fingerprint density at radius 3 is 2.58 bits per heavy atom. The van der Waals surface area contributed by atoms with Crippen LogP contribution in [0.4, 0.5) is 11.4 Å². The molecule has 3 aliphatic rings. The number of benzene rings is 3. The van der Waals surface area contributed by atoms with Crippen molar-refractivity contribution in [3.63, 3.8) is 0 Å². The van der Waals surface area contributed by atoms with E-state index in [1.165, 1.54) is 17.7 Å². The van der Waals surface area contributed by atoms with Crippen LogP contribution in [-0.2, 0) is 27.4 Å². The molecule has 43 heavy (non-hydrogen) atoms. The van der Waals surface area contributed by atoms with Crippen molar-refractivity contribution >= 4 is 35.0 Å². The normalized spacial score (nSPS) is 19.7. The molecule has 2 unspecified atom stereocenters. The zero-order valence-electron chi connectivity index (χ0n) is 23.8. The molecule has 0 fully saturated rings. The number of non-ortho nitro benzene ring substituents is 1. The van der Waals surface area contributed by atoms with Gasteiger partial charge in [0.15, 0.2) is 5.78 Å². The van der Waals surface area contributed by atoms with E-state index >= 15 is 0 Å². The van der Waals surface area contributed by atoms with E-state index in [0.717, 1.165) is 35.3 Å². The van der Waals surface area contributed by atoms with Gasteiger partial charge in [-0.2, -0.15) is 0 Å². The molecule has 3 aliphatic heterocycles. The fourth-order valence-corrected chi connectivity index (χ4v) is 5.76. The predicted molar refractivity (Wildman–Crippen MR) is 162 cm³/mol. The summed E-state index contributed by atoms with van der Waals surface area (Å²) in [6, 6.07) is 19.5. The summed E-state index contributed by atoms with van der Waals surface area (Å²) in [5.74, 6) is -0.709. The van der Waals surface area contributed by atoms with Crippen LogP contribution in [0.2, 0.25) is 0 Å². The average Bonchev–Trinajstić information content (AvgIpc) is 3.59. The Kier molecular flexibility index (Phi) is 7.50. The van der Waals surface area contributed by atoms with Crippen LogP contribution in [-0.4, -0.2) is 35.7 Å². The van der Waals surface area contributed by atoms with Crippen molar-refractivity contribution in [1.29, 1.82) is 0 Å². The smallest absolute Gasteiger partial charge is 0.336 e. The molecule has 0 bridgehead atoms. The summed E-state index contributed by atoms with van der Waals surface area (Å²) in [5.41, 5.74) is 6.05. The number of nitro benzene ring substituents is 1. The summed E-state index contributed by atoms with van der Waals surface area (Å²) < 4.78 is 11.2. The first-order valence-electron chi connectivity index (χ1n) is 14.1. The Labute approximate surface area is 248 Å². The predicted octanol–water partition coefficient (Wildman–Crippen LogP) is 5.30. The van der Waals surface area contributed by atoms with Crippen LogP contribution < -0.4 is 15.4 Å². The molecule has 2 N–H and O–H groups in total. The van der Waals surface area contributed by atoms with Crippen molar-refractivity contribution in [3.8, 4) is 5.75 Å². The quantitative estimate of drug-likeness (QED) is 0.159. The first-order chi connectivity index (χ1) is 20.8. The number of nitrogens with zero attached hydrogens (tertiary/aromatic N) is 2. The number of amidine groups is 1. The molecule has 2 atom stereocenters. The van der Waals surface area contributed by atoms with Gasteiger partial charge in [-0.3, -0.25) is 14.9 Å². The number of nitrogens with one attached hydrogen (secondary N) is 2. The minimum absolute atomic E-state index is 0.0277.